The number of hydrogen-bond donors (Lipinski definition) is 1. The summed E-state index contributed by atoms with van der Waals surface area (Å²) in [6.45, 7) is 3.37. The van der Waals surface area contributed by atoms with Crippen molar-refractivity contribution < 1.29 is 4.42 Å². The third-order valence-electron chi connectivity index (χ3n) is 4.17. The van der Waals surface area contributed by atoms with Crippen LogP contribution in [0.2, 0.25) is 0 Å². The molecule has 0 amide bonds. The van der Waals surface area contributed by atoms with E-state index in [1.54, 1.807) is 6.26 Å². The Morgan fingerprint density at radius 2 is 2.06 bits per heavy atom. The summed E-state index contributed by atoms with van der Waals surface area (Å²) in [7, 11) is 0. The second-order valence-electron chi connectivity index (χ2n) is 5.34. The summed E-state index contributed by atoms with van der Waals surface area (Å²) in [5.74, 6) is 1.11. The fraction of sp³-hybridized carbons (Fsp3) is 0.375. The Labute approximate surface area is 108 Å². The molecule has 2 heteroatoms. The normalized spacial score (nSPS) is 27.5. The van der Waals surface area contributed by atoms with Crippen molar-refractivity contribution in [3.05, 3.63) is 60.1 Å². The van der Waals surface area contributed by atoms with Crippen molar-refractivity contribution in [3.8, 4) is 0 Å². The molecule has 0 saturated carbocycles. The van der Waals surface area contributed by atoms with Gasteiger partial charge in [-0.1, -0.05) is 37.3 Å². The second-order valence-corrected chi connectivity index (χ2v) is 5.34. The van der Waals surface area contributed by atoms with Crippen LogP contribution in [0.15, 0.2) is 53.1 Å². The maximum absolute atomic E-state index is 5.65. The van der Waals surface area contributed by atoms with Gasteiger partial charge in [-0.25, -0.2) is 0 Å². The third kappa shape index (κ3) is 1.97. The molecule has 1 aliphatic heterocycles. The van der Waals surface area contributed by atoms with E-state index in [4.69, 9.17) is 4.42 Å². The zero-order chi connectivity index (χ0) is 12.4. The molecule has 2 unspecified atom stereocenters. The van der Waals surface area contributed by atoms with Gasteiger partial charge in [0.2, 0.25) is 0 Å². The van der Waals surface area contributed by atoms with Crippen LogP contribution in [0.4, 0.5) is 0 Å². The molecule has 18 heavy (non-hydrogen) atoms. The van der Waals surface area contributed by atoms with Crippen LogP contribution in [0.25, 0.3) is 0 Å². The molecule has 1 fully saturated rings. The van der Waals surface area contributed by atoms with Crippen LogP contribution in [0.3, 0.4) is 0 Å². The van der Waals surface area contributed by atoms with Gasteiger partial charge < -0.3 is 9.73 Å². The molecule has 2 atom stereocenters. The summed E-state index contributed by atoms with van der Waals surface area (Å²) in [6, 6.07) is 15.2. The molecule has 0 radical (unpaired) electrons. The Morgan fingerprint density at radius 3 is 2.78 bits per heavy atom. The first-order valence-corrected chi connectivity index (χ1v) is 6.60. The van der Waals surface area contributed by atoms with E-state index in [0.29, 0.717) is 6.04 Å². The van der Waals surface area contributed by atoms with Crippen molar-refractivity contribution in [3.63, 3.8) is 0 Å². The van der Waals surface area contributed by atoms with Crippen molar-refractivity contribution in [1.82, 2.24) is 5.32 Å². The van der Waals surface area contributed by atoms with Crippen molar-refractivity contribution >= 4 is 0 Å². The molecule has 2 aromatic rings. The maximum Gasteiger partial charge on any atom is 0.111 e. The molecule has 1 aliphatic rings. The number of hydrogen-bond acceptors (Lipinski definition) is 2. The Kier molecular flexibility index (Phi) is 2.96. The predicted molar refractivity (Wildman–Crippen MR) is 72.6 cm³/mol. The molecule has 0 spiro atoms. The standard InChI is InChI=1S/C16H19NO/c1-16(15-8-5-11-18-15)9-10-17-14(16)12-13-6-3-2-4-7-13/h2-8,11,14,17H,9-10,12H2,1H3. The van der Waals surface area contributed by atoms with E-state index in [1.807, 2.05) is 6.07 Å². The van der Waals surface area contributed by atoms with Crippen LogP contribution in [0.5, 0.6) is 0 Å². The Morgan fingerprint density at radius 1 is 1.22 bits per heavy atom. The minimum absolute atomic E-state index is 0.110. The van der Waals surface area contributed by atoms with E-state index < -0.39 is 0 Å². The Hall–Kier alpha value is -1.54. The first kappa shape index (κ1) is 11.5. The summed E-state index contributed by atoms with van der Waals surface area (Å²) in [6.07, 6.45) is 3.97. The first-order valence-electron chi connectivity index (χ1n) is 6.60. The molecular formula is C16H19NO. The van der Waals surface area contributed by atoms with Gasteiger partial charge in [0.1, 0.15) is 5.76 Å². The molecule has 3 rings (SSSR count). The van der Waals surface area contributed by atoms with Gasteiger partial charge in [0.05, 0.1) is 6.26 Å². The molecule has 2 heterocycles. The van der Waals surface area contributed by atoms with Gasteiger partial charge in [-0.2, -0.15) is 0 Å². The number of benzene rings is 1. The lowest BCUT2D eigenvalue weighted by Gasteiger charge is -2.29. The van der Waals surface area contributed by atoms with E-state index in [1.165, 1.54) is 5.56 Å². The van der Waals surface area contributed by atoms with Gasteiger partial charge >= 0.3 is 0 Å². The zero-order valence-electron chi connectivity index (χ0n) is 10.7. The molecule has 1 aromatic heterocycles. The van der Waals surface area contributed by atoms with Crippen molar-refractivity contribution in [2.24, 2.45) is 0 Å². The third-order valence-corrected chi connectivity index (χ3v) is 4.17. The van der Waals surface area contributed by atoms with Crippen LogP contribution in [-0.4, -0.2) is 12.6 Å². The summed E-state index contributed by atoms with van der Waals surface area (Å²) in [5, 5.41) is 3.62. The molecule has 1 saturated heterocycles. The maximum atomic E-state index is 5.65. The van der Waals surface area contributed by atoms with Crippen molar-refractivity contribution in [1.29, 1.82) is 0 Å². The van der Waals surface area contributed by atoms with E-state index in [2.05, 4.69) is 48.6 Å². The van der Waals surface area contributed by atoms with Gasteiger partial charge in [-0.15, -0.1) is 0 Å². The topological polar surface area (TPSA) is 25.2 Å². The number of rotatable bonds is 3. The van der Waals surface area contributed by atoms with Gasteiger partial charge in [0.15, 0.2) is 0 Å². The summed E-state index contributed by atoms with van der Waals surface area (Å²) < 4.78 is 5.65. The Balaban J connectivity index is 1.84. The molecule has 0 aliphatic carbocycles. The summed E-state index contributed by atoms with van der Waals surface area (Å²) >= 11 is 0. The first-order chi connectivity index (χ1) is 8.79. The lowest BCUT2D eigenvalue weighted by atomic mass is 9.78. The van der Waals surface area contributed by atoms with E-state index in [-0.39, 0.29) is 5.41 Å². The summed E-state index contributed by atoms with van der Waals surface area (Å²) in [5.41, 5.74) is 1.49. The average molecular weight is 241 g/mol. The van der Waals surface area contributed by atoms with E-state index in [9.17, 15) is 0 Å². The van der Waals surface area contributed by atoms with Crippen molar-refractivity contribution in [2.75, 3.05) is 6.54 Å². The number of furan rings is 1. The lowest BCUT2D eigenvalue weighted by molar-refractivity contribution is 0.321. The van der Waals surface area contributed by atoms with Crippen LogP contribution in [0, 0.1) is 0 Å². The van der Waals surface area contributed by atoms with Crippen molar-refractivity contribution in [2.45, 2.75) is 31.2 Å². The zero-order valence-corrected chi connectivity index (χ0v) is 10.7. The fourth-order valence-corrected chi connectivity index (χ4v) is 2.95. The van der Waals surface area contributed by atoms with Crippen LogP contribution in [0.1, 0.15) is 24.7 Å². The lowest BCUT2D eigenvalue weighted by Crippen LogP contribution is -2.39. The van der Waals surface area contributed by atoms with Gasteiger partial charge in [0, 0.05) is 11.5 Å². The smallest absolute Gasteiger partial charge is 0.111 e. The highest BCUT2D eigenvalue weighted by Crippen LogP contribution is 2.36. The molecule has 1 N–H and O–H groups in total. The minimum Gasteiger partial charge on any atom is -0.469 e. The molecule has 0 bridgehead atoms. The highest BCUT2D eigenvalue weighted by atomic mass is 16.3. The largest absolute Gasteiger partial charge is 0.469 e. The van der Waals surface area contributed by atoms with Gasteiger partial charge in [-0.05, 0) is 37.1 Å². The predicted octanol–water partition coefficient (Wildman–Crippen LogP) is 3.14. The van der Waals surface area contributed by atoms with E-state index >= 15 is 0 Å². The Bertz CT molecular complexity index is 491. The number of nitrogens with one attached hydrogen (secondary N) is 1. The quantitative estimate of drug-likeness (QED) is 0.893. The van der Waals surface area contributed by atoms with Gasteiger partial charge in [-0.3, -0.25) is 0 Å². The summed E-state index contributed by atoms with van der Waals surface area (Å²) in [4.78, 5) is 0. The molecule has 94 valence electrons. The second kappa shape index (κ2) is 4.62. The van der Waals surface area contributed by atoms with Crippen LogP contribution >= 0.6 is 0 Å². The highest BCUT2D eigenvalue weighted by molar-refractivity contribution is 5.24. The monoisotopic (exact) mass is 241 g/mol. The molecular weight excluding hydrogens is 222 g/mol. The van der Waals surface area contributed by atoms with Crippen LogP contribution < -0.4 is 5.32 Å². The van der Waals surface area contributed by atoms with Gasteiger partial charge in [0.25, 0.3) is 0 Å². The van der Waals surface area contributed by atoms with Crippen LogP contribution in [-0.2, 0) is 11.8 Å². The minimum atomic E-state index is 0.110. The average Bonchev–Trinajstić information content (AvgIpc) is 3.02. The highest BCUT2D eigenvalue weighted by Gasteiger charge is 2.41. The van der Waals surface area contributed by atoms with E-state index in [0.717, 1.165) is 25.1 Å². The fourth-order valence-electron chi connectivity index (χ4n) is 2.95. The molecule has 1 aromatic carbocycles. The molecule has 2 nitrogen and oxygen atoms in total. The SMILES string of the molecule is CC1(c2ccco2)CCNC1Cc1ccccc1.